The van der Waals surface area contributed by atoms with Crippen LogP contribution in [0.5, 0.6) is 0 Å². The number of aryl methyl sites for hydroxylation is 3. The number of rotatable bonds is 4. The van der Waals surface area contributed by atoms with Crippen LogP contribution in [0, 0.1) is 6.92 Å². The maximum atomic E-state index is 6.28. The molecule has 0 radical (unpaired) electrons. The molecule has 2 aromatic rings. The fourth-order valence-corrected chi connectivity index (χ4v) is 2.44. The van der Waals surface area contributed by atoms with Crippen molar-refractivity contribution in [3.8, 4) is 0 Å². The number of nitrogens with two attached hydrogens (primary N) is 1. The molecule has 3 rings (SSSR count). The summed E-state index contributed by atoms with van der Waals surface area (Å²) in [5.74, 6) is 2.41. The lowest BCUT2D eigenvalue weighted by Crippen LogP contribution is -2.34. The molecule has 0 unspecified atom stereocenters. The van der Waals surface area contributed by atoms with E-state index in [0.717, 1.165) is 25.7 Å². The molecule has 1 fully saturated rings. The van der Waals surface area contributed by atoms with Gasteiger partial charge in [0.1, 0.15) is 0 Å². The minimum Gasteiger partial charge on any atom is -0.339 e. The maximum Gasteiger partial charge on any atom is 0.227 e. The van der Waals surface area contributed by atoms with Gasteiger partial charge in [0, 0.05) is 12.8 Å². The maximum absolute atomic E-state index is 6.28. The first-order valence-electron chi connectivity index (χ1n) is 6.57. The van der Waals surface area contributed by atoms with Crippen LogP contribution in [0.15, 0.2) is 9.05 Å². The lowest BCUT2D eigenvalue weighted by molar-refractivity contribution is 0.338. The van der Waals surface area contributed by atoms with Crippen molar-refractivity contribution in [2.24, 2.45) is 5.73 Å². The van der Waals surface area contributed by atoms with E-state index < -0.39 is 5.54 Å². The van der Waals surface area contributed by atoms with Crippen molar-refractivity contribution in [3.63, 3.8) is 0 Å². The van der Waals surface area contributed by atoms with Gasteiger partial charge in [-0.1, -0.05) is 23.2 Å². The molecule has 0 bridgehead atoms. The van der Waals surface area contributed by atoms with E-state index in [1.807, 2.05) is 0 Å². The van der Waals surface area contributed by atoms with Gasteiger partial charge in [0.15, 0.2) is 11.6 Å². The van der Waals surface area contributed by atoms with E-state index in [0.29, 0.717) is 36.3 Å². The summed E-state index contributed by atoms with van der Waals surface area (Å²) >= 11 is 0. The molecular formula is C12H17N5O2. The number of nitrogens with zero attached hydrogens (tertiary/aromatic N) is 4. The van der Waals surface area contributed by atoms with Crippen molar-refractivity contribution in [1.82, 2.24) is 20.3 Å². The highest BCUT2D eigenvalue weighted by atomic mass is 16.5. The molecule has 7 heteroatoms. The van der Waals surface area contributed by atoms with Gasteiger partial charge in [0.25, 0.3) is 0 Å². The molecule has 0 aliphatic heterocycles. The highest BCUT2D eigenvalue weighted by Crippen LogP contribution is 2.34. The molecule has 2 heterocycles. The minimum atomic E-state index is -0.400. The molecule has 1 aliphatic carbocycles. The van der Waals surface area contributed by atoms with Crippen LogP contribution in [0.2, 0.25) is 0 Å². The van der Waals surface area contributed by atoms with Crippen molar-refractivity contribution in [1.29, 1.82) is 0 Å². The quantitative estimate of drug-likeness (QED) is 0.885. The molecular weight excluding hydrogens is 246 g/mol. The Balaban J connectivity index is 1.65. The van der Waals surface area contributed by atoms with Crippen molar-refractivity contribution >= 4 is 0 Å². The third kappa shape index (κ3) is 2.51. The Kier molecular flexibility index (Phi) is 3.06. The molecule has 0 aromatic carbocycles. The summed E-state index contributed by atoms with van der Waals surface area (Å²) in [6.45, 7) is 1.79. The van der Waals surface area contributed by atoms with Crippen molar-refractivity contribution < 1.29 is 9.05 Å². The summed E-state index contributed by atoms with van der Waals surface area (Å²) in [6.07, 6.45) is 5.29. The monoisotopic (exact) mass is 263 g/mol. The average Bonchev–Trinajstić information content (AvgIpc) is 3.08. The number of aromatic nitrogens is 4. The van der Waals surface area contributed by atoms with Gasteiger partial charge in [0.05, 0.1) is 5.54 Å². The van der Waals surface area contributed by atoms with Gasteiger partial charge in [0.2, 0.25) is 11.8 Å². The van der Waals surface area contributed by atoms with Gasteiger partial charge in [-0.05, 0) is 19.8 Å². The summed E-state index contributed by atoms with van der Waals surface area (Å²) < 4.78 is 10.3. The Labute approximate surface area is 110 Å². The predicted molar refractivity (Wildman–Crippen MR) is 65.1 cm³/mol. The molecule has 1 saturated carbocycles. The van der Waals surface area contributed by atoms with Gasteiger partial charge >= 0.3 is 0 Å². The standard InChI is InChI=1S/C12H17N5O2/c1-8-14-9(18-16-8)4-5-10-15-11(17-19-10)12(13)6-2-3-7-12/h2-7,13H2,1H3. The van der Waals surface area contributed by atoms with Gasteiger partial charge in [-0.3, -0.25) is 0 Å². The van der Waals surface area contributed by atoms with Crippen LogP contribution < -0.4 is 5.73 Å². The molecule has 19 heavy (non-hydrogen) atoms. The molecule has 0 spiro atoms. The zero-order valence-corrected chi connectivity index (χ0v) is 10.9. The van der Waals surface area contributed by atoms with Crippen molar-refractivity contribution in [2.75, 3.05) is 0 Å². The minimum absolute atomic E-state index is 0.400. The number of hydrogen-bond donors (Lipinski definition) is 1. The Morgan fingerprint density at radius 1 is 1.05 bits per heavy atom. The van der Waals surface area contributed by atoms with E-state index in [4.69, 9.17) is 14.8 Å². The van der Waals surface area contributed by atoms with E-state index in [1.165, 1.54) is 0 Å². The number of hydrogen-bond acceptors (Lipinski definition) is 7. The van der Waals surface area contributed by atoms with Gasteiger partial charge < -0.3 is 14.8 Å². The first-order chi connectivity index (χ1) is 9.16. The van der Waals surface area contributed by atoms with Crippen LogP contribution in [0.25, 0.3) is 0 Å². The Morgan fingerprint density at radius 3 is 2.32 bits per heavy atom. The highest BCUT2D eigenvalue weighted by molar-refractivity contribution is 5.06. The Hall–Kier alpha value is -1.76. The lowest BCUT2D eigenvalue weighted by atomic mass is 9.99. The summed E-state index contributed by atoms with van der Waals surface area (Å²) in [4.78, 5) is 8.52. The zero-order chi connectivity index (χ0) is 13.3. The van der Waals surface area contributed by atoms with E-state index in [-0.39, 0.29) is 0 Å². The van der Waals surface area contributed by atoms with E-state index >= 15 is 0 Å². The van der Waals surface area contributed by atoms with Crippen LogP contribution in [-0.2, 0) is 18.4 Å². The summed E-state index contributed by atoms with van der Waals surface area (Å²) in [7, 11) is 0. The zero-order valence-electron chi connectivity index (χ0n) is 10.9. The molecule has 0 atom stereocenters. The van der Waals surface area contributed by atoms with E-state index in [1.54, 1.807) is 6.92 Å². The van der Waals surface area contributed by atoms with Crippen LogP contribution in [0.4, 0.5) is 0 Å². The SMILES string of the molecule is Cc1noc(CCc2nc(C3(N)CCCC3)no2)n1. The molecule has 2 N–H and O–H groups in total. The first kappa shape index (κ1) is 12.3. The van der Waals surface area contributed by atoms with Crippen molar-refractivity contribution in [3.05, 3.63) is 23.4 Å². The fourth-order valence-electron chi connectivity index (χ4n) is 2.44. The second-order valence-electron chi connectivity index (χ2n) is 5.11. The normalized spacial score (nSPS) is 18.0. The first-order valence-corrected chi connectivity index (χ1v) is 6.57. The van der Waals surface area contributed by atoms with Gasteiger partial charge in [-0.25, -0.2) is 0 Å². The largest absolute Gasteiger partial charge is 0.339 e. The Morgan fingerprint density at radius 2 is 1.68 bits per heavy atom. The molecule has 0 saturated heterocycles. The summed E-state index contributed by atoms with van der Waals surface area (Å²) in [6, 6.07) is 0. The molecule has 2 aromatic heterocycles. The second kappa shape index (κ2) is 4.73. The lowest BCUT2D eigenvalue weighted by Gasteiger charge is -2.17. The third-order valence-electron chi connectivity index (χ3n) is 3.53. The van der Waals surface area contributed by atoms with Crippen LogP contribution >= 0.6 is 0 Å². The van der Waals surface area contributed by atoms with Crippen LogP contribution in [0.1, 0.15) is 49.1 Å². The second-order valence-corrected chi connectivity index (χ2v) is 5.11. The molecule has 102 valence electrons. The van der Waals surface area contributed by atoms with Gasteiger partial charge in [-0.15, -0.1) is 0 Å². The van der Waals surface area contributed by atoms with E-state index in [2.05, 4.69) is 20.3 Å². The molecule has 7 nitrogen and oxygen atoms in total. The molecule has 1 aliphatic rings. The Bertz CT molecular complexity index is 556. The van der Waals surface area contributed by atoms with Crippen LogP contribution in [-0.4, -0.2) is 20.3 Å². The summed E-state index contributed by atoms with van der Waals surface area (Å²) in [5.41, 5.74) is 5.88. The van der Waals surface area contributed by atoms with Crippen LogP contribution in [0.3, 0.4) is 0 Å². The van der Waals surface area contributed by atoms with Gasteiger partial charge in [-0.2, -0.15) is 9.97 Å². The smallest absolute Gasteiger partial charge is 0.227 e. The predicted octanol–water partition coefficient (Wildman–Crippen LogP) is 1.27. The van der Waals surface area contributed by atoms with E-state index in [9.17, 15) is 0 Å². The molecule has 0 amide bonds. The average molecular weight is 263 g/mol. The van der Waals surface area contributed by atoms with Crippen molar-refractivity contribution in [2.45, 2.75) is 51.0 Å². The fraction of sp³-hybridized carbons (Fsp3) is 0.667. The third-order valence-corrected chi connectivity index (χ3v) is 3.53. The summed E-state index contributed by atoms with van der Waals surface area (Å²) in [5, 5.41) is 7.75. The highest BCUT2D eigenvalue weighted by Gasteiger charge is 2.35. The topological polar surface area (TPSA) is 104 Å².